The van der Waals surface area contributed by atoms with Crippen LogP contribution < -0.4 is 5.73 Å². The average molecular weight is 362 g/mol. The molecule has 1 aliphatic rings. The van der Waals surface area contributed by atoms with Crippen LogP contribution in [0.2, 0.25) is 0 Å². The number of nitrogens with zero attached hydrogens (tertiary/aromatic N) is 2. The van der Waals surface area contributed by atoms with Crippen molar-refractivity contribution in [2.45, 2.75) is 30.2 Å². The van der Waals surface area contributed by atoms with Crippen LogP contribution in [0.25, 0.3) is 0 Å². The van der Waals surface area contributed by atoms with Crippen LogP contribution in [-0.2, 0) is 10.0 Å². The normalized spacial score (nSPS) is 15.3. The van der Waals surface area contributed by atoms with E-state index in [1.54, 1.807) is 0 Å². The molecule has 0 bridgehead atoms. The number of hydrogen-bond donors (Lipinski definition) is 1. The molecule has 0 aliphatic heterocycles. The van der Waals surface area contributed by atoms with Gasteiger partial charge in [-0.3, -0.25) is 0 Å². The number of halogens is 2. The van der Waals surface area contributed by atoms with E-state index < -0.39 is 20.7 Å². The molecule has 108 valence electrons. The van der Waals surface area contributed by atoms with E-state index in [9.17, 15) is 12.8 Å². The Hall–Kier alpha value is -1.17. The van der Waals surface area contributed by atoms with Crippen LogP contribution in [0.15, 0.2) is 21.5 Å². The minimum atomic E-state index is -3.99. The lowest BCUT2D eigenvalue weighted by molar-refractivity contribution is 0.407. The summed E-state index contributed by atoms with van der Waals surface area (Å²) in [6.07, 6.45) is 1.53. The Morgan fingerprint density at radius 3 is 2.70 bits per heavy atom. The van der Waals surface area contributed by atoms with Gasteiger partial charge in [-0.15, -0.1) is 0 Å². The van der Waals surface area contributed by atoms with Crippen LogP contribution in [0, 0.1) is 17.1 Å². The van der Waals surface area contributed by atoms with Crippen molar-refractivity contribution in [1.82, 2.24) is 4.31 Å². The minimum Gasteiger partial charge on any atom is -0.399 e. The number of sulfonamides is 1. The molecule has 20 heavy (non-hydrogen) atoms. The van der Waals surface area contributed by atoms with Gasteiger partial charge in [-0.25, -0.2) is 12.8 Å². The number of anilines is 1. The molecule has 0 amide bonds. The summed E-state index contributed by atoms with van der Waals surface area (Å²) in [6.45, 7) is 0.0648. The summed E-state index contributed by atoms with van der Waals surface area (Å²) in [7, 11) is -3.99. The summed E-state index contributed by atoms with van der Waals surface area (Å²) in [5.74, 6) is -0.859. The fraction of sp³-hybridized carbons (Fsp3) is 0.417. The number of nitrogens with two attached hydrogens (primary N) is 1. The van der Waals surface area contributed by atoms with Gasteiger partial charge in [0, 0.05) is 24.7 Å². The maximum absolute atomic E-state index is 14.1. The highest BCUT2D eigenvalue weighted by Crippen LogP contribution is 2.35. The first-order valence-corrected chi connectivity index (χ1v) is 8.24. The van der Waals surface area contributed by atoms with Crippen LogP contribution in [-0.4, -0.2) is 25.3 Å². The maximum Gasteiger partial charge on any atom is 0.246 e. The first-order valence-electron chi connectivity index (χ1n) is 6.01. The van der Waals surface area contributed by atoms with Crippen LogP contribution in [0.1, 0.15) is 19.3 Å². The standard InChI is InChI=1S/C12H13BrFN3O2S/c13-10-6-8(16)7-11(12(10)14)20(18,19)17(5-1-4-15)9-2-3-9/h6-7,9H,1-3,5,16H2. The Bertz CT molecular complexity index is 668. The first kappa shape index (κ1) is 15.2. The number of benzene rings is 1. The summed E-state index contributed by atoms with van der Waals surface area (Å²) in [5.41, 5.74) is 5.75. The zero-order valence-corrected chi connectivity index (χ0v) is 12.9. The van der Waals surface area contributed by atoms with Gasteiger partial charge < -0.3 is 5.73 Å². The molecule has 0 atom stereocenters. The molecule has 0 aromatic heterocycles. The number of rotatable bonds is 5. The van der Waals surface area contributed by atoms with Crippen molar-refractivity contribution in [2.75, 3.05) is 12.3 Å². The third-order valence-corrected chi connectivity index (χ3v) is 5.53. The van der Waals surface area contributed by atoms with Crippen molar-refractivity contribution in [3.8, 4) is 6.07 Å². The smallest absolute Gasteiger partial charge is 0.246 e. The SMILES string of the molecule is N#CCCN(C1CC1)S(=O)(=O)c1cc(N)cc(Br)c1F. The molecular formula is C12H13BrFN3O2S. The predicted octanol–water partition coefficient (Wildman–Crippen LogP) is 2.24. The largest absolute Gasteiger partial charge is 0.399 e. The van der Waals surface area contributed by atoms with Gasteiger partial charge in [-0.2, -0.15) is 9.57 Å². The number of hydrogen-bond acceptors (Lipinski definition) is 4. The van der Waals surface area contributed by atoms with Crippen LogP contribution in [0.3, 0.4) is 0 Å². The Morgan fingerprint density at radius 2 is 2.15 bits per heavy atom. The Morgan fingerprint density at radius 1 is 1.50 bits per heavy atom. The fourth-order valence-electron chi connectivity index (χ4n) is 1.92. The molecule has 0 unspecified atom stereocenters. The highest BCUT2D eigenvalue weighted by Gasteiger charge is 2.39. The second kappa shape index (κ2) is 5.68. The lowest BCUT2D eigenvalue weighted by Crippen LogP contribution is -2.34. The van der Waals surface area contributed by atoms with Crippen molar-refractivity contribution in [3.05, 3.63) is 22.4 Å². The van der Waals surface area contributed by atoms with Crippen molar-refractivity contribution < 1.29 is 12.8 Å². The summed E-state index contributed by atoms with van der Waals surface area (Å²) in [4.78, 5) is -0.450. The van der Waals surface area contributed by atoms with Crippen molar-refractivity contribution in [2.24, 2.45) is 0 Å². The van der Waals surface area contributed by atoms with Gasteiger partial charge in [0.15, 0.2) is 5.82 Å². The van der Waals surface area contributed by atoms with Gasteiger partial charge in [-0.1, -0.05) is 0 Å². The van der Waals surface area contributed by atoms with Gasteiger partial charge in [0.05, 0.1) is 10.5 Å². The summed E-state index contributed by atoms with van der Waals surface area (Å²) < 4.78 is 40.4. The predicted molar refractivity (Wildman–Crippen MR) is 75.7 cm³/mol. The first-order chi connectivity index (χ1) is 9.37. The van der Waals surface area contributed by atoms with Crippen molar-refractivity contribution >= 4 is 31.6 Å². The molecule has 2 rings (SSSR count). The lowest BCUT2D eigenvalue weighted by Gasteiger charge is -2.21. The Balaban J connectivity index is 2.45. The molecule has 0 spiro atoms. The quantitative estimate of drug-likeness (QED) is 0.814. The van der Waals surface area contributed by atoms with Gasteiger partial charge in [0.1, 0.15) is 4.90 Å². The molecule has 1 saturated carbocycles. The van der Waals surface area contributed by atoms with Gasteiger partial charge in [-0.05, 0) is 40.9 Å². The molecule has 1 aliphatic carbocycles. The number of nitrogen functional groups attached to an aromatic ring is 1. The summed E-state index contributed by atoms with van der Waals surface area (Å²) in [5, 5.41) is 8.62. The van der Waals surface area contributed by atoms with Crippen LogP contribution >= 0.6 is 15.9 Å². The van der Waals surface area contributed by atoms with E-state index in [0.29, 0.717) is 0 Å². The van der Waals surface area contributed by atoms with E-state index in [-0.39, 0.29) is 29.2 Å². The van der Waals surface area contributed by atoms with E-state index >= 15 is 0 Å². The Labute approximate surface area is 125 Å². The molecule has 1 fully saturated rings. The molecule has 8 heteroatoms. The fourth-order valence-corrected chi connectivity index (χ4v) is 4.34. The van der Waals surface area contributed by atoms with E-state index in [4.69, 9.17) is 11.0 Å². The number of nitriles is 1. The molecular weight excluding hydrogens is 349 g/mol. The zero-order chi connectivity index (χ0) is 14.9. The molecule has 0 radical (unpaired) electrons. The summed E-state index contributed by atoms with van der Waals surface area (Å²) >= 11 is 2.95. The van der Waals surface area contributed by atoms with Gasteiger partial charge >= 0.3 is 0 Å². The average Bonchev–Trinajstić information content (AvgIpc) is 3.18. The van der Waals surface area contributed by atoms with E-state index in [1.807, 2.05) is 6.07 Å². The molecule has 1 aromatic carbocycles. The zero-order valence-electron chi connectivity index (χ0n) is 10.5. The molecule has 2 N–H and O–H groups in total. The van der Waals surface area contributed by atoms with E-state index in [2.05, 4.69) is 15.9 Å². The highest BCUT2D eigenvalue weighted by atomic mass is 79.9. The minimum absolute atomic E-state index is 0.00658. The van der Waals surface area contributed by atoms with Crippen molar-refractivity contribution in [3.63, 3.8) is 0 Å². The van der Waals surface area contributed by atoms with Gasteiger partial charge in [0.25, 0.3) is 0 Å². The third-order valence-electron chi connectivity index (χ3n) is 3.00. The molecule has 5 nitrogen and oxygen atoms in total. The molecule has 0 saturated heterocycles. The van der Waals surface area contributed by atoms with Gasteiger partial charge in [0.2, 0.25) is 10.0 Å². The molecule has 1 aromatic rings. The third kappa shape index (κ3) is 2.95. The van der Waals surface area contributed by atoms with Crippen LogP contribution in [0.5, 0.6) is 0 Å². The second-order valence-electron chi connectivity index (χ2n) is 4.57. The second-order valence-corrected chi connectivity index (χ2v) is 7.28. The highest BCUT2D eigenvalue weighted by molar-refractivity contribution is 9.10. The van der Waals surface area contributed by atoms with Crippen LogP contribution in [0.4, 0.5) is 10.1 Å². The Kier molecular flexibility index (Phi) is 4.32. The van der Waals surface area contributed by atoms with E-state index in [0.717, 1.165) is 18.9 Å². The lowest BCUT2D eigenvalue weighted by atomic mass is 10.3. The van der Waals surface area contributed by atoms with E-state index in [1.165, 1.54) is 10.4 Å². The topological polar surface area (TPSA) is 87.2 Å². The maximum atomic E-state index is 14.1. The molecule has 0 heterocycles. The summed E-state index contributed by atoms with van der Waals surface area (Å²) in [6, 6.07) is 4.18. The monoisotopic (exact) mass is 361 g/mol. The van der Waals surface area contributed by atoms with Crippen molar-refractivity contribution in [1.29, 1.82) is 5.26 Å².